The van der Waals surface area contributed by atoms with Crippen molar-refractivity contribution in [3.63, 3.8) is 0 Å². The average molecular weight is 339 g/mol. The molecule has 0 aliphatic rings. The van der Waals surface area contributed by atoms with Crippen LogP contribution in [0.3, 0.4) is 0 Å². The van der Waals surface area contributed by atoms with Crippen molar-refractivity contribution in [3.05, 3.63) is 70.3 Å². The minimum Gasteiger partial charge on any atom is -0.363 e. The molecule has 1 unspecified atom stereocenters. The van der Waals surface area contributed by atoms with Crippen molar-refractivity contribution in [1.82, 2.24) is 0 Å². The maximum absolute atomic E-state index is 11.5. The van der Waals surface area contributed by atoms with Gasteiger partial charge in [-0.3, -0.25) is 14.7 Å². The van der Waals surface area contributed by atoms with Crippen LogP contribution in [0.5, 0.6) is 0 Å². The van der Waals surface area contributed by atoms with Crippen molar-refractivity contribution in [3.8, 4) is 0 Å². The lowest BCUT2D eigenvalue weighted by atomic mass is 10.2. The number of nitrogens with two attached hydrogens (primary N) is 1. The number of non-ortho nitro benzene ring substituents is 1. The van der Waals surface area contributed by atoms with Crippen LogP contribution in [-0.2, 0) is 10.1 Å². The summed E-state index contributed by atoms with van der Waals surface area (Å²) in [6.45, 7) is 0. The minimum atomic E-state index is -4.49. The Bertz CT molecular complexity index is 750. The molecule has 0 saturated heterocycles. The fraction of sp³-hybridized carbons (Fsp3) is 0.143. The zero-order valence-electron chi connectivity index (χ0n) is 12.3. The lowest BCUT2D eigenvalue weighted by molar-refractivity contribution is -0.384. The highest BCUT2D eigenvalue weighted by molar-refractivity contribution is 7.86. The first-order chi connectivity index (χ1) is 10.9. The van der Waals surface area contributed by atoms with Gasteiger partial charge in [0.2, 0.25) is 0 Å². The van der Waals surface area contributed by atoms with Crippen LogP contribution in [0.25, 0.3) is 0 Å². The van der Waals surface area contributed by atoms with Crippen LogP contribution in [0.2, 0.25) is 0 Å². The standard InChI is InChI=1S/C13H12N2O5S.CH5N/c16-15(17)12-8-4-5-10(9-12)13(21(18,19)20)14-11-6-2-1-3-7-11;1-2/h1-9,13-14H,(H,18,19,20);2H2,1H3. The molecule has 0 heterocycles. The normalized spacial score (nSPS) is 11.8. The van der Waals surface area contributed by atoms with E-state index in [9.17, 15) is 23.1 Å². The second-order valence-corrected chi connectivity index (χ2v) is 5.76. The summed E-state index contributed by atoms with van der Waals surface area (Å²) >= 11 is 0. The van der Waals surface area contributed by atoms with Gasteiger partial charge in [-0.1, -0.05) is 30.3 Å². The highest BCUT2D eigenvalue weighted by atomic mass is 32.2. The van der Waals surface area contributed by atoms with Crippen LogP contribution in [-0.4, -0.2) is 24.9 Å². The van der Waals surface area contributed by atoms with Crippen LogP contribution in [0.15, 0.2) is 54.6 Å². The van der Waals surface area contributed by atoms with Crippen molar-refractivity contribution in [1.29, 1.82) is 0 Å². The van der Waals surface area contributed by atoms with Gasteiger partial charge < -0.3 is 11.1 Å². The van der Waals surface area contributed by atoms with Crippen LogP contribution in [0, 0.1) is 10.1 Å². The largest absolute Gasteiger partial charge is 0.363 e. The molecule has 2 aromatic rings. The third-order valence-corrected chi connectivity index (χ3v) is 3.74. The number of anilines is 1. The second-order valence-electron chi connectivity index (χ2n) is 4.26. The molecule has 0 aromatic heterocycles. The van der Waals surface area contributed by atoms with E-state index in [0.29, 0.717) is 5.69 Å². The average Bonchev–Trinajstić information content (AvgIpc) is 2.54. The Morgan fingerprint density at radius 1 is 1.13 bits per heavy atom. The van der Waals surface area contributed by atoms with Crippen molar-refractivity contribution < 1.29 is 17.9 Å². The Morgan fingerprint density at radius 3 is 2.26 bits per heavy atom. The predicted octanol–water partition coefficient (Wildman–Crippen LogP) is 2.17. The summed E-state index contributed by atoms with van der Waals surface area (Å²) in [7, 11) is -2.99. The molecule has 1 atom stereocenters. The van der Waals surface area contributed by atoms with Gasteiger partial charge in [0.15, 0.2) is 5.37 Å². The monoisotopic (exact) mass is 339 g/mol. The number of nitro benzene ring substituents is 1. The summed E-state index contributed by atoms with van der Waals surface area (Å²) in [5.41, 5.74) is 4.79. The van der Waals surface area contributed by atoms with Crippen molar-refractivity contribution in [2.24, 2.45) is 5.73 Å². The Balaban J connectivity index is 0.00000127. The zero-order chi connectivity index (χ0) is 17.5. The van der Waals surface area contributed by atoms with E-state index in [2.05, 4.69) is 11.1 Å². The lowest BCUT2D eigenvalue weighted by Gasteiger charge is -2.17. The molecule has 2 aromatic carbocycles. The number of nitrogens with zero attached hydrogens (tertiary/aromatic N) is 1. The maximum Gasteiger partial charge on any atom is 0.290 e. The summed E-state index contributed by atoms with van der Waals surface area (Å²) in [5.74, 6) is 0. The number of rotatable bonds is 5. The predicted molar refractivity (Wildman–Crippen MR) is 87.6 cm³/mol. The van der Waals surface area contributed by atoms with E-state index in [1.807, 2.05) is 0 Å². The fourth-order valence-corrected chi connectivity index (χ4v) is 2.59. The zero-order valence-corrected chi connectivity index (χ0v) is 13.1. The van der Waals surface area contributed by atoms with Crippen LogP contribution in [0.4, 0.5) is 11.4 Å². The Hall–Kier alpha value is -2.49. The van der Waals surface area contributed by atoms with E-state index in [1.165, 1.54) is 25.2 Å². The molecule has 0 spiro atoms. The Morgan fingerprint density at radius 2 is 1.74 bits per heavy atom. The first-order valence-electron chi connectivity index (χ1n) is 6.48. The third kappa shape index (κ3) is 5.33. The molecule has 0 aliphatic carbocycles. The van der Waals surface area contributed by atoms with Crippen LogP contribution < -0.4 is 11.1 Å². The summed E-state index contributed by atoms with van der Waals surface area (Å²) in [6, 6.07) is 13.5. The topological polar surface area (TPSA) is 136 Å². The van der Waals surface area contributed by atoms with E-state index in [0.717, 1.165) is 6.07 Å². The molecular formula is C14H17N3O5S. The third-order valence-electron chi connectivity index (χ3n) is 2.75. The highest BCUT2D eigenvalue weighted by Gasteiger charge is 2.26. The van der Waals surface area contributed by atoms with E-state index in [4.69, 9.17) is 0 Å². The van der Waals surface area contributed by atoms with E-state index < -0.39 is 20.4 Å². The van der Waals surface area contributed by atoms with Gasteiger partial charge in [-0.15, -0.1) is 0 Å². The smallest absolute Gasteiger partial charge is 0.290 e. The summed E-state index contributed by atoms with van der Waals surface area (Å²) < 4.78 is 32.4. The molecule has 9 heteroatoms. The fourth-order valence-electron chi connectivity index (χ4n) is 1.82. The second kappa shape index (κ2) is 8.22. The molecule has 0 aliphatic heterocycles. The van der Waals surface area contributed by atoms with E-state index in [1.54, 1.807) is 30.3 Å². The van der Waals surface area contributed by atoms with Crippen molar-refractivity contribution in [2.75, 3.05) is 12.4 Å². The molecule has 0 fully saturated rings. The quantitative estimate of drug-likeness (QED) is 0.431. The van der Waals surface area contributed by atoms with Crippen molar-refractivity contribution >= 4 is 21.5 Å². The lowest BCUT2D eigenvalue weighted by Crippen LogP contribution is -2.20. The number of para-hydroxylation sites is 1. The van der Waals surface area contributed by atoms with Gasteiger partial charge in [-0.2, -0.15) is 8.42 Å². The molecule has 0 saturated carbocycles. The van der Waals surface area contributed by atoms with Gasteiger partial charge in [0.1, 0.15) is 0 Å². The molecule has 2 rings (SSSR count). The van der Waals surface area contributed by atoms with Gasteiger partial charge in [-0.05, 0) is 24.7 Å². The molecule has 0 amide bonds. The van der Waals surface area contributed by atoms with E-state index in [-0.39, 0.29) is 11.3 Å². The van der Waals surface area contributed by atoms with Crippen LogP contribution >= 0.6 is 0 Å². The van der Waals surface area contributed by atoms with Crippen molar-refractivity contribution in [2.45, 2.75) is 5.37 Å². The Kier molecular flexibility index (Phi) is 6.64. The number of hydrogen-bond acceptors (Lipinski definition) is 6. The minimum absolute atomic E-state index is 0.0792. The summed E-state index contributed by atoms with van der Waals surface area (Å²) in [5, 5.41) is 11.9. The van der Waals surface area contributed by atoms with Gasteiger partial charge >= 0.3 is 0 Å². The SMILES string of the molecule is CN.O=[N+]([O-])c1cccc(C(Nc2ccccc2)S(=O)(=O)O)c1. The van der Waals surface area contributed by atoms with Gasteiger partial charge in [0, 0.05) is 17.8 Å². The molecule has 23 heavy (non-hydrogen) atoms. The molecular weight excluding hydrogens is 322 g/mol. The number of hydrogen-bond donors (Lipinski definition) is 3. The maximum atomic E-state index is 11.5. The molecule has 124 valence electrons. The Labute approximate surface area is 133 Å². The van der Waals surface area contributed by atoms with E-state index >= 15 is 0 Å². The van der Waals surface area contributed by atoms with Crippen LogP contribution in [0.1, 0.15) is 10.9 Å². The first kappa shape index (κ1) is 18.6. The molecule has 4 N–H and O–H groups in total. The van der Waals surface area contributed by atoms with Gasteiger partial charge in [0.25, 0.3) is 15.8 Å². The number of benzene rings is 2. The summed E-state index contributed by atoms with van der Waals surface area (Å²) in [6.07, 6.45) is 0. The molecule has 8 nitrogen and oxygen atoms in total. The number of nitrogens with one attached hydrogen (secondary N) is 1. The highest BCUT2D eigenvalue weighted by Crippen LogP contribution is 2.26. The van der Waals surface area contributed by atoms with Gasteiger partial charge in [-0.25, -0.2) is 0 Å². The first-order valence-corrected chi connectivity index (χ1v) is 7.98. The summed E-state index contributed by atoms with van der Waals surface area (Å²) in [4.78, 5) is 10.1. The molecule has 0 radical (unpaired) electrons. The molecule has 0 bridgehead atoms. The van der Waals surface area contributed by atoms with Gasteiger partial charge in [0.05, 0.1) is 4.92 Å². The number of nitro groups is 1.